The van der Waals surface area contributed by atoms with Gasteiger partial charge in [0.05, 0.1) is 5.56 Å². The van der Waals surface area contributed by atoms with Crippen molar-refractivity contribution in [3.05, 3.63) is 59.3 Å². The van der Waals surface area contributed by atoms with Crippen LogP contribution in [0.1, 0.15) is 45.7 Å². The number of carboxylic acid groups (broad SMARTS) is 1. The molecule has 0 spiro atoms. The third kappa shape index (κ3) is 3.26. The minimum absolute atomic E-state index is 0.0343. The van der Waals surface area contributed by atoms with Crippen molar-refractivity contribution in [1.82, 2.24) is 5.32 Å². The zero-order chi connectivity index (χ0) is 16.4. The van der Waals surface area contributed by atoms with Gasteiger partial charge >= 0.3 is 5.97 Å². The third-order valence-corrected chi connectivity index (χ3v) is 4.19. The van der Waals surface area contributed by atoms with Crippen LogP contribution < -0.4 is 5.32 Å². The van der Waals surface area contributed by atoms with Crippen LogP contribution in [0, 0.1) is 5.82 Å². The third-order valence-electron chi connectivity index (χ3n) is 4.19. The number of hydrogen-bond acceptors (Lipinski definition) is 3. The number of rotatable bonds is 5. The number of benzene rings is 1. The van der Waals surface area contributed by atoms with Crippen molar-refractivity contribution in [2.24, 2.45) is 0 Å². The normalized spacial score (nSPS) is 15.7. The number of furan rings is 1. The molecule has 1 aromatic heterocycles. The van der Waals surface area contributed by atoms with E-state index in [-0.39, 0.29) is 17.1 Å². The molecule has 0 bridgehead atoms. The summed E-state index contributed by atoms with van der Waals surface area (Å²) in [5, 5.41) is 11.8. The van der Waals surface area contributed by atoms with Crippen molar-refractivity contribution in [2.45, 2.75) is 31.2 Å². The zero-order valence-electron chi connectivity index (χ0n) is 12.3. The molecule has 6 heteroatoms. The molecule has 1 saturated carbocycles. The summed E-state index contributed by atoms with van der Waals surface area (Å²) in [7, 11) is 0. The van der Waals surface area contributed by atoms with Crippen LogP contribution in [0.5, 0.6) is 0 Å². The van der Waals surface area contributed by atoms with Gasteiger partial charge in [0.2, 0.25) is 0 Å². The van der Waals surface area contributed by atoms with E-state index in [0.717, 1.165) is 31.1 Å². The lowest BCUT2D eigenvalue weighted by Gasteiger charge is -2.42. The highest BCUT2D eigenvalue weighted by Gasteiger charge is 2.39. The Morgan fingerprint density at radius 3 is 2.65 bits per heavy atom. The first-order valence-corrected chi connectivity index (χ1v) is 7.36. The molecule has 0 atom stereocenters. The number of halogens is 1. The molecule has 1 amide bonds. The van der Waals surface area contributed by atoms with Gasteiger partial charge in [-0.25, -0.2) is 9.18 Å². The van der Waals surface area contributed by atoms with Gasteiger partial charge in [0.1, 0.15) is 12.1 Å². The maximum absolute atomic E-state index is 13.3. The second-order valence-electron chi connectivity index (χ2n) is 5.90. The molecule has 3 rings (SSSR count). The SMILES string of the molecule is O=C(O)c1coc(C(=O)NC2(Cc3cccc(F)c3)CCC2)c1. The van der Waals surface area contributed by atoms with Gasteiger partial charge in [-0.3, -0.25) is 4.79 Å². The minimum atomic E-state index is -1.15. The second kappa shape index (κ2) is 5.87. The Hall–Kier alpha value is -2.63. The highest BCUT2D eigenvalue weighted by atomic mass is 19.1. The number of amides is 1. The molecule has 0 saturated heterocycles. The van der Waals surface area contributed by atoms with Crippen LogP contribution in [0.4, 0.5) is 4.39 Å². The molecule has 120 valence electrons. The fraction of sp³-hybridized carbons (Fsp3) is 0.294. The van der Waals surface area contributed by atoms with E-state index in [9.17, 15) is 14.0 Å². The Bertz CT molecular complexity index is 749. The molecule has 2 aromatic rings. The predicted octanol–water partition coefficient (Wildman–Crippen LogP) is 3.01. The van der Waals surface area contributed by atoms with Crippen molar-refractivity contribution in [1.29, 1.82) is 0 Å². The topological polar surface area (TPSA) is 79.5 Å². The Kier molecular flexibility index (Phi) is 3.90. The highest BCUT2D eigenvalue weighted by molar-refractivity contribution is 5.95. The standard InChI is InChI=1S/C17H16FNO4/c18-13-4-1-3-11(7-13)9-17(5-2-6-17)19-15(20)14-8-12(10-23-14)16(21)22/h1,3-4,7-8,10H,2,5-6,9H2,(H,19,20)(H,21,22). The van der Waals surface area contributed by atoms with Crippen LogP contribution in [-0.4, -0.2) is 22.5 Å². The predicted molar refractivity (Wildman–Crippen MR) is 79.8 cm³/mol. The van der Waals surface area contributed by atoms with E-state index < -0.39 is 17.4 Å². The first kappa shape index (κ1) is 15.3. The fourth-order valence-electron chi connectivity index (χ4n) is 2.86. The van der Waals surface area contributed by atoms with Crippen molar-refractivity contribution < 1.29 is 23.5 Å². The van der Waals surface area contributed by atoms with Gasteiger partial charge in [-0.15, -0.1) is 0 Å². The quantitative estimate of drug-likeness (QED) is 0.888. The van der Waals surface area contributed by atoms with Gasteiger partial charge in [0.25, 0.3) is 5.91 Å². The Labute approximate surface area is 132 Å². The van der Waals surface area contributed by atoms with E-state index in [1.807, 2.05) is 6.07 Å². The van der Waals surface area contributed by atoms with Crippen molar-refractivity contribution >= 4 is 11.9 Å². The summed E-state index contributed by atoms with van der Waals surface area (Å²) in [6.07, 6.45) is 4.14. The van der Waals surface area contributed by atoms with Gasteiger partial charge < -0.3 is 14.8 Å². The minimum Gasteiger partial charge on any atom is -0.478 e. The largest absolute Gasteiger partial charge is 0.478 e. The summed E-state index contributed by atoms with van der Waals surface area (Å²) in [6, 6.07) is 7.51. The fourth-order valence-corrected chi connectivity index (χ4v) is 2.86. The van der Waals surface area contributed by atoms with Gasteiger partial charge in [0.15, 0.2) is 5.76 Å². The molecular formula is C17H16FNO4. The van der Waals surface area contributed by atoms with E-state index in [1.54, 1.807) is 6.07 Å². The van der Waals surface area contributed by atoms with E-state index in [1.165, 1.54) is 18.2 Å². The molecule has 1 fully saturated rings. The van der Waals surface area contributed by atoms with Crippen LogP contribution in [0.3, 0.4) is 0 Å². The van der Waals surface area contributed by atoms with E-state index in [0.29, 0.717) is 6.42 Å². The molecule has 23 heavy (non-hydrogen) atoms. The number of carbonyl (C=O) groups excluding carboxylic acids is 1. The molecule has 1 aliphatic carbocycles. The van der Waals surface area contributed by atoms with Crippen molar-refractivity contribution in [2.75, 3.05) is 0 Å². The van der Waals surface area contributed by atoms with Crippen LogP contribution in [0.25, 0.3) is 0 Å². The zero-order valence-corrected chi connectivity index (χ0v) is 12.3. The molecule has 5 nitrogen and oxygen atoms in total. The molecule has 1 heterocycles. The maximum atomic E-state index is 13.3. The van der Waals surface area contributed by atoms with Gasteiger partial charge in [-0.2, -0.15) is 0 Å². The second-order valence-corrected chi connectivity index (χ2v) is 5.90. The highest BCUT2D eigenvalue weighted by Crippen LogP contribution is 2.35. The first-order chi connectivity index (χ1) is 11.0. The summed E-state index contributed by atoms with van der Waals surface area (Å²) < 4.78 is 18.3. The molecule has 2 N–H and O–H groups in total. The summed E-state index contributed by atoms with van der Waals surface area (Å²) in [4.78, 5) is 23.1. The number of nitrogens with one attached hydrogen (secondary N) is 1. The number of aromatic carboxylic acids is 1. The summed E-state index contributed by atoms with van der Waals surface area (Å²) in [5.41, 5.74) is 0.319. The molecule has 0 aliphatic heterocycles. The van der Waals surface area contributed by atoms with Gasteiger partial charge in [-0.05, 0) is 43.4 Å². The lowest BCUT2D eigenvalue weighted by Crippen LogP contribution is -2.55. The lowest BCUT2D eigenvalue weighted by atomic mass is 9.72. The van der Waals surface area contributed by atoms with Crippen molar-refractivity contribution in [3.63, 3.8) is 0 Å². The molecule has 1 aromatic carbocycles. The monoisotopic (exact) mass is 317 g/mol. The van der Waals surface area contributed by atoms with E-state index >= 15 is 0 Å². The average molecular weight is 317 g/mol. The number of carboxylic acids is 1. The molecule has 0 unspecified atom stereocenters. The Morgan fingerprint density at radius 2 is 2.09 bits per heavy atom. The van der Waals surface area contributed by atoms with Crippen LogP contribution >= 0.6 is 0 Å². The number of carbonyl (C=O) groups is 2. The van der Waals surface area contributed by atoms with Crippen LogP contribution in [0.2, 0.25) is 0 Å². The smallest absolute Gasteiger partial charge is 0.338 e. The first-order valence-electron chi connectivity index (χ1n) is 7.36. The van der Waals surface area contributed by atoms with E-state index in [4.69, 9.17) is 9.52 Å². The van der Waals surface area contributed by atoms with Crippen LogP contribution in [-0.2, 0) is 6.42 Å². The summed E-state index contributed by atoms with van der Waals surface area (Å²) in [6.45, 7) is 0. The Morgan fingerprint density at radius 1 is 1.30 bits per heavy atom. The molecule has 0 radical (unpaired) electrons. The molecule has 1 aliphatic rings. The summed E-state index contributed by atoms with van der Waals surface area (Å²) in [5.74, 6) is -1.94. The van der Waals surface area contributed by atoms with Crippen molar-refractivity contribution in [3.8, 4) is 0 Å². The lowest BCUT2D eigenvalue weighted by molar-refractivity contribution is 0.0695. The Balaban J connectivity index is 1.73. The van der Waals surface area contributed by atoms with E-state index in [2.05, 4.69) is 5.32 Å². The number of hydrogen-bond donors (Lipinski definition) is 2. The average Bonchev–Trinajstić information content (AvgIpc) is 2.95. The van der Waals surface area contributed by atoms with Crippen LogP contribution in [0.15, 0.2) is 41.0 Å². The van der Waals surface area contributed by atoms with Gasteiger partial charge in [0, 0.05) is 11.6 Å². The summed E-state index contributed by atoms with van der Waals surface area (Å²) >= 11 is 0. The van der Waals surface area contributed by atoms with Gasteiger partial charge in [-0.1, -0.05) is 12.1 Å². The molecular weight excluding hydrogens is 301 g/mol. The maximum Gasteiger partial charge on any atom is 0.338 e.